The van der Waals surface area contributed by atoms with Crippen molar-refractivity contribution in [3.05, 3.63) is 24.0 Å². The molecule has 1 saturated heterocycles. The zero-order valence-corrected chi connectivity index (χ0v) is 12.0. The lowest BCUT2D eigenvalue weighted by atomic mass is 9.99. The fraction of sp³-hybridized carbons (Fsp3) is 0.571. The van der Waals surface area contributed by atoms with Crippen LogP contribution in [0.25, 0.3) is 0 Å². The molecule has 2 rings (SSSR count). The van der Waals surface area contributed by atoms with E-state index in [9.17, 15) is 18.4 Å². The van der Waals surface area contributed by atoms with Gasteiger partial charge >= 0.3 is 5.97 Å². The van der Waals surface area contributed by atoms with Gasteiger partial charge in [-0.3, -0.25) is 9.59 Å². The molecule has 1 aromatic rings. The summed E-state index contributed by atoms with van der Waals surface area (Å²) in [5.74, 6) is -1.06. The molecule has 1 fully saturated rings. The van der Waals surface area contributed by atoms with E-state index in [1.165, 1.54) is 28.8 Å². The van der Waals surface area contributed by atoms with Gasteiger partial charge in [0.1, 0.15) is 5.69 Å². The number of methoxy groups -OCH3 is 1. The number of ether oxygens (including phenoxy) is 1. The molecule has 0 saturated carbocycles. The molecule has 0 spiro atoms. The molecule has 0 aromatic carbocycles. The summed E-state index contributed by atoms with van der Waals surface area (Å²) in [5, 5.41) is 0. The quantitative estimate of drug-likeness (QED) is 0.794. The molecule has 0 radical (unpaired) electrons. The van der Waals surface area contributed by atoms with Crippen LogP contribution in [0.1, 0.15) is 17.4 Å². The number of hydrogen-bond donors (Lipinski definition) is 0. The standard InChI is InChI=1S/C14H18F2N2O3/c1-9-6-18(7-10(9)14(20)21-2)13(19)11-4-3-5-17(11)8-12(15)16/h3-5,9-10,12H,6-8H2,1-2H3. The summed E-state index contributed by atoms with van der Waals surface area (Å²) in [4.78, 5) is 25.6. The van der Waals surface area contributed by atoms with E-state index in [-0.39, 0.29) is 36.0 Å². The van der Waals surface area contributed by atoms with Crippen molar-refractivity contribution in [1.29, 1.82) is 0 Å². The van der Waals surface area contributed by atoms with Crippen molar-refractivity contribution in [2.24, 2.45) is 11.8 Å². The lowest BCUT2D eigenvalue weighted by molar-refractivity contribution is -0.146. The van der Waals surface area contributed by atoms with Crippen molar-refractivity contribution in [3.63, 3.8) is 0 Å². The number of halogens is 2. The first-order valence-corrected chi connectivity index (χ1v) is 6.74. The Bertz CT molecular complexity index is 530. The van der Waals surface area contributed by atoms with Gasteiger partial charge in [0.25, 0.3) is 12.3 Å². The first kappa shape index (κ1) is 15.5. The van der Waals surface area contributed by atoms with Crippen LogP contribution in [0.3, 0.4) is 0 Å². The third kappa shape index (κ3) is 3.22. The number of likely N-dealkylation sites (tertiary alicyclic amines) is 1. The molecule has 7 heteroatoms. The second-order valence-electron chi connectivity index (χ2n) is 5.25. The maximum atomic E-state index is 12.5. The zero-order chi connectivity index (χ0) is 15.6. The summed E-state index contributed by atoms with van der Waals surface area (Å²) in [6, 6.07) is 3.08. The van der Waals surface area contributed by atoms with Crippen LogP contribution < -0.4 is 0 Å². The number of carbonyl (C=O) groups excluding carboxylic acids is 2. The van der Waals surface area contributed by atoms with E-state index in [2.05, 4.69) is 0 Å². The van der Waals surface area contributed by atoms with Crippen molar-refractivity contribution in [2.75, 3.05) is 20.2 Å². The van der Waals surface area contributed by atoms with Crippen molar-refractivity contribution in [1.82, 2.24) is 9.47 Å². The van der Waals surface area contributed by atoms with Crippen molar-refractivity contribution < 1.29 is 23.1 Å². The Hall–Kier alpha value is -1.92. The van der Waals surface area contributed by atoms with E-state index in [1.54, 1.807) is 6.07 Å². The van der Waals surface area contributed by atoms with E-state index in [0.29, 0.717) is 6.54 Å². The Morgan fingerprint density at radius 1 is 1.43 bits per heavy atom. The van der Waals surface area contributed by atoms with E-state index < -0.39 is 13.0 Å². The van der Waals surface area contributed by atoms with Crippen LogP contribution in [0, 0.1) is 11.8 Å². The number of alkyl halides is 2. The monoisotopic (exact) mass is 300 g/mol. The highest BCUT2D eigenvalue weighted by atomic mass is 19.3. The number of nitrogens with zero attached hydrogens (tertiary/aromatic N) is 2. The zero-order valence-electron chi connectivity index (χ0n) is 12.0. The van der Waals surface area contributed by atoms with Crippen molar-refractivity contribution >= 4 is 11.9 Å². The highest BCUT2D eigenvalue weighted by Gasteiger charge is 2.38. The Kier molecular flexibility index (Phi) is 4.59. The molecule has 0 aliphatic carbocycles. The molecular formula is C14H18F2N2O3. The molecule has 2 heterocycles. The van der Waals surface area contributed by atoms with Crippen LogP contribution in [0.5, 0.6) is 0 Å². The Morgan fingerprint density at radius 3 is 2.76 bits per heavy atom. The van der Waals surface area contributed by atoms with Crippen LogP contribution in [-0.4, -0.2) is 48.0 Å². The summed E-state index contributed by atoms with van der Waals surface area (Å²) in [6.45, 7) is 2.02. The van der Waals surface area contributed by atoms with Gasteiger partial charge in [-0.15, -0.1) is 0 Å². The largest absolute Gasteiger partial charge is 0.469 e. The van der Waals surface area contributed by atoms with Crippen molar-refractivity contribution in [3.8, 4) is 0 Å². The van der Waals surface area contributed by atoms with Gasteiger partial charge in [0.15, 0.2) is 0 Å². The number of carbonyl (C=O) groups is 2. The summed E-state index contributed by atoms with van der Waals surface area (Å²) < 4.78 is 30.9. The van der Waals surface area contributed by atoms with Gasteiger partial charge in [0.2, 0.25) is 0 Å². The molecule has 21 heavy (non-hydrogen) atoms. The van der Waals surface area contributed by atoms with Gasteiger partial charge in [-0.1, -0.05) is 6.92 Å². The van der Waals surface area contributed by atoms with Gasteiger partial charge in [0, 0.05) is 19.3 Å². The number of rotatable bonds is 4. The minimum absolute atomic E-state index is 0.0140. The lowest BCUT2D eigenvalue weighted by Crippen LogP contribution is -2.32. The number of esters is 1. The maximum absolute atomic E-state index is 12.5. The van der Waals surface area contributed by atoms with Crippen LogP contribution in [0.15, 0.2) is 18.3 Å². The van der Waals surface area contributed by atoms with Gasteiger partial charge in [0.05, 0.1) is 19.6 Å². The molecule has 1 aliphatic rings. The van der Waals surface area contributed by atoms with Crippen LogP contribution in [-0.2, 0) is 16.1 Å². The van der Waals surface area contributed by atoms with Crippen LogP contribution >= 0.6 is 0 Å². The fourth-order valence-electron chi connectivity index (χ4n) is 2.67. The lowest BCUT2D eigenvalue weighted by Gasteiger charge is -2.17. The number of hydrogen-bond acceptors (Lipinski definition) is 3. The van der Waals surface area contributed by atoms with Gasteiger partial charge in [-0.2, -0.15) is 0 Å². The number of amides is 1. The van der Waals surface area contributed by atoms with Gasteiger partial charge in [-0.05, 0) is 18.1 Å². The third-order valence-electron chi connectivity index (χ3n) is 3.79. The summed E-state index contributed by atoms with van der Waals surface area (Å²) >= 11 is 0. The molecule has 2 atom stereocenters. The SMILES string of the molecule is COC(=O)C1CN(C(=O)c2cccn2CC(F)F)CC1C. The Balaban J connectivity index is 2.11. The average Bonchev–Trinajstić information content (AvgIpc) is 3.03. The molecular weight excluding hydrogens is 282 g/mol. The second kappa shape index (κ2) is 6.24. The molecule has 0 bridgehead atoms. The molecule has 1 amide bonds. The topological polar surface area (TPSA) is 51.5 Å². The molecule has 1 aromatic heterocycles. The molecule has 0 N–H and O–H groups in total. The van der Waals surface area contributed by atoms with Crippen LogP contribution in [0.2, 0.25) is 0 Å². The first-order valence-electron chi connectivity index (χ1n) is 6.74. The predicted octanol–water partition coefficient (Wildman–Crippen LogP) is 1.63. The van der Waals surface area contributed by atoms with Gasteiger partial charge < -0.3 is 14.2 Å². The highest BCUT2D eigenvalue weighted by molar-refractivity contribution is 5.93. The van der Waals surface area contributed by atoms with E-state index >= 15 is 0 Å². The summed E-state index contributed by atoms with van der Waals surface area (Å²) in [6.07, 6.45) is -1.07. The number of aromatic nitrogens is 1. The minimum Gasteiger partial charge on any atom is -0.469 e. The van der Waals surface area contributed by atoms with E-state index in [0.717, 1.165) is 0 Å². The Morgan fingerprint density at radius 2 is 2.14 bits per heavy atom. The third-order valence-corrected chi connectivity index (χ3v) is 3.79. The van der Waals surface area contributed by atoms with Crippen molar-refractivity contribution in [2.45, 2.75) is 19.9 Å². The van der Waals surface area contributed by atoms with Crippen LogP contribution in [0.4, 0.5) is 8.78 Å². The molecule has 1 aliphatic heterocycles. The Labute approximate surface area is 121 Å². The van der Waals surface area contributed by atoms with E-state index in [4.69, 9.17) is 4.74 Å². The average molecular weight is 300 g/mol. The summed E-state index contributed by atoms with van der Waals surface area (Å²) in [5.41, 5.74) is 0.216. The first-order chi connectivity index (χ1) is 9.93. The van der Waals surface area contributed by atoms with E-state index in [1.807, 2.05) is 6.92 Å². The second-order valence-corrected chi connectivity index (χ2v) is 5.25. The smallest absolute Gasteiger partial charge is 0.310 e. The molecule has 5 nitrogen and oxygen atoms in total. The fourth-order valence-corrected chi connectivity index (χ4v) is 2.67. The maximum Gasteiger partial charge on any atom is 0.310 e. The predicted molar refractivity (Wildman–Crippen MR) is 71.0 cm³/mol. The normalized spacial score (nSPS) is 21.9. The highest BCUT2D eigenvalue weighted by Crippen LogP contribution is 2.25. The molecule has 2 unspecified atom stereocenters. The molecule has 116 valence electrons. The van der Waals surface area contributed by atoms with Gasteiger partial charge in [-0.25, -0.2) is 8.78 Å². The minimum atomic E-state index is -2.52. The summed E-state index contributed by atoms with van der Waals surface area (Å²) in [7, 11) is 1.31.